The molecule has 5 nitrogen and oxygen atoms in total. The Kier molecular flexibility index (Phi) is 1.79. The highest BCUT2D eigenvalue weighted by atomic mass is 16.1. The quantitative estimate of drug-likeness (QED) is 0.595. The van der Waals surface area contributed by atoms with E-state index in [9.17, 15) is 4.79 Å². The Bertz CT molecular complexity index is 310. The second-order valence-corrected chi connectivity index (χ2v) is 1.87. The largest absolute Gasteiger partial charge is 0.403 e. The maximum Gasteiger partial charge on any atom is 0.403 e. The topological polar surface area (TPSA) is 84.1 Å². The van der Waals surface area contributed by atoms with Gasteiger partial charge in [-0.25, -0.2) is 4.98 Å². The molecule has 0 aliphatic rings. The number of rotatable bonds is 1. The van der Waals surface area contributed by atoms with Gasteiger partial charge in [-0.05, 0) is 6.07 Å². The van der Waals surface area contributed by atoms with Crippen LogP contribution in [0.3, 0.4) is 0 Å². The van der Waals surface area contributed by atoms with Crippen LogP contribution in [0.25, 0.3) is 4.98 Å². The lowest BCUT2D eigenvalue weighted by Gasteiger charge is -1.87. The van der Waals surface area contributed by atoms with Crippen molar-refractivity contribution in [2.45, 2.75) is 0 Å². The molecule has 0 atom stereocenters. The molecule has 0 bridgehead atoms. The summed E-state index contributed by atoms with van der Waals surface area (Å²) in [6, 6.07) is 2.82. The Morgan fingerprint density at radius 2 is 2.36 bits per heavy atom. The van der Waals surface area contributed by atoms with Gasteiger partial charge >= 0.3 is 5.69 Å². The third-order valence-corrected chi connectivity index (χ3v) is 1.12. The molecule has 0 aromatic carbocycles. The number of hydrogen-bond acceptors (Lipinski definition) is 3. The van der Waals surface area contributed by atoms with Crippen molar-refractivity contribution in [2.75, 3.05) is 0 Å². The normalized spacial score (nSPS) is 8.64. The van der Waals surface area contributed by atoms with Crippen molar-refractivity contribution in [1.29, 1.82) is 5.39 Å². The van der Waals surface area contributed by atoms with Crippen molar-refractivity contribution in [3.63, 3.8) is 0 Å². The van der Waals surface area contributed by atoms with Gasteiger partial charge in [-0.2, -0.15) is 0 Å². The van der Waals surface area contributed by atoms with Crippen LogP contribution in [-0.2, 0) is 0 Å². The zero-order chi connectivity index (χ0) is 8.27. The monoisotopic (exact) mass is 149 g/mol. The highest BCUT2D eigenvalue weighted by Crippen LogP contribution is 2.08. The summed E-state index contributed by atoms with van der Waals surface area (Å²) in [6.45, 7) is 0. The number of carbonyl (C=O) groups is 1. The van der Waals surface area contributed by atoms with Crippen LogP contribution >= 0.6 is 0 Å². The number of pyridine rings is 1. The zero-order valence-electron chi connectivity index (χ0n) is 5.56. The minimum Gasteiger partial charge on any atom is -0.364 e. The van der Waals surface area contributed by atoms with Gasteiger partial charge in [0, 0.05) is 6.07 Å². The summed E-state index contributed by atoms with van der Waals surface area (Å²) in [5.41, 5.74) is 5.35. The Morgan fingerprint density at radius 1 is 1.64 bits per heavy atom. The molecule has 0 unspecified atom stereocenters. The van der Waals surface area contributed by atoms with Gasteiger partial charge in [-0.1, -0.05) is 0 Å². The highest BCUT2D eigenvalue weighted by Gasteiger charge is 2.06. The molecule has 2 N–H and O–H groups in total. The van der Waals surface area contributed by atoms with Crippen LogP contribution in [0.4, 0.5) is 5.69 Å². The first-order chi connectivity index (χ1) is 5.24. The van der Waals surface area contributed by atoms with Gasteiger partial charge in [0.15, 0.2) is 4.98 Å². The zero-order valence-corrected chi connectivity index (χ0v) is 5.56. The minimum atomic E-state index is -0.602. The molecule has 0 saturated carbocycles. The van der Waals surface area contributed by atoms with Gasteiger partial charge in [0.1, 0.15) is 11.9 Å². The van der Waals surface area contributed by atoms with E-state index in [0.29, 0.717) is 0 Å². The third kappa shape index (κ3) is 1.49. The van der Waals surface area contributed by atoms with Crippen molar-refractivity contribution in [2.24, 2.45) is 5.73 Å². The molecular formula is C6H5N4O+. The second kappa shape index (κ2) is 2.75. The smallest absolute Gasteiger partial charge is 0.364 e. The SMILES string of the molecule is N#[N+]c1ccc(C(N)=O)nc1. The number of diazo groups is 1. The maximum atomic E-state index is 10.5. The predicted molar refractivity (Wildman–Crippen MR) is 37.5 cm³/mol. The Morgan fingerprint density at radius 3 is 2.73 bits per heavy atom. The van der Waals surface area contributed by atoms with Crippen molar-refractivity contribution < 1.29 is 4.79 Å². The lowest BCUT2D eigenvalue weighted by Crippen LogP contribution is -2.12. The fraction of sp³-hybridized carbons (Fsp3) is 0. The Hall–Kier alpha value is -1.96. The molecule has 54 valence electrons. The average Bonchev–Trinajstić information content (AvgIpc) is 2.05. The first-order valence-corrected chi connectivity index (χ1v) is 2.85. The van der Waals surface area contributed by atoms with Crippen molar-refractivity contribution in [3.05, 3.63) is 29.0 Å². The van der Waals surface area contributed by atoms with Crippen molar-refractivity contribution in [3.8, 4) is 0 Å². The van der Waals surface area contributed by atoms with Gasteiger partial charge in [-0.15, -0.1) is 0 Å². The number of amides is 1. The van der Waals surface area contributed by atoms with Gasteiger partial charge in [0.05, 0.1) is 0 Å². The summed E-state index contributed by atoms with van der Waals surface area (Å²) >= 11 is 0. The summed E-state index contributed by atoms with van der Waals surface area (Å²) in [6.07, 6.45) is 1.25. The summed E-state index contributed by atoms with van der Waals surface area (Å²) in [5.74, 6) is -0.602. The molecular weight excluding hydrogens is 144 g/mol. The summed E-state index contributed by atoms with van der Waals surface area (Å²) in [7, 11) is 0. The van der Waals surface area contributed by atoms with Crippen LogP contribution in [0.2, 0.25) is 0 Å². The number of primary amides is 1. The summed E-state index contributed by atoms with van der Waals surface area (Å²) in [5, 5.41) is 8.24. The Balaban J connectivity index is 3.03. The van der Waals surface area contributed by atoms with Gasteiger partial charge in [0.2, 0.25) is 5.39 Å². The lowest BCUT2D eigenvalue weighted by molar-refractivity contribution is 0.0995. The molecule has 1 aromatic rings. The van der Waals surface area contributed by atoms with E-state index in [-0.39, 0.29) is 11.4 Å². The van der Waals surface area contributed by atoms with Crippen LogP contribution in [0.1, 0.15) is 10.5 Å². The summed E-state index contributed by atoms with van der Waals surface area (Å²) in [4.78, 5) is 16.9. The molecule has 0 radical (unpaired) electrons. The molecule has 11 heavy (non-hydrogen) atoms. The standard InChI is InChI=1S/C6H4N4O/c7-6(11)5-2-1-4(10-8)3-9-5/h1-3H,(H-,7,11)/p+1. The molecule has 1 aromatic heterocycles. The molecule has 1 amide bonds. The van der Waals surface area contributed by atoms with Crippen molar-refractivity contribution in [1.82, 2.24) is 4.98 Å². The molecule has 0 fully saturated rings. The van der Waals surface area contributed by atoms with Gasteiger partial charge in [-0.3, -0.25) is 4.79 Å². The molecule has 1 rings (SSSR count). The molecule has 0 aliphatic carbocycles. The number of aromatic nitrogens is 1. The average molecular weight is 149 g/mol. The van der Waals surface area contributed by atoms with Crippen LogP contribution in [0.5, 0.6) is 0 Å². The van der Waals surface area contributed by atoms with Gasteiger partial charge < -0.3 is 5.73 Å². The van der Waals surface area contributed by atoms with Gasteiger partial charge in [0.25, 0.3) is 5.91 Å². The number of nitrogens with two attached hydrogens (primary N) is 1. The van der Waals surface area contributed by atoms with Crippen LogP contribution < -0.4 is 5.73 Å². The number of hydrogen-bond donors (Lipinski definition) is 1. The maximum absolute atomic E-state index is 10.5. The first kappa shape index (κ1) is 7.15. The van der Waals surface area contributed by atoms with Crippen LogP contribution in [-0.4, -0.2) is 10.9 Å². The van der Waals surface area contributed by atoms with E-state index in [1.165, 1.54) is 18.3 Å². The molecule has 0 saturated heterocycles. The molecule has 0 spiro atoms. The second-order valence-electron chi connectivity index (χ2n) is 1.87. The molecule has 5 heteroatoms. The van der Waals surface area contributed by atoms with E-state index in [1.807, 2.05) is 0 Å². The minimum absolute atomic E-state index is 0.150. The van der Waals surface area contributed by atoms with E-state index < -0.39 is 5.91 Å². The first-order valence-electron chi connectivity index (χ1n) is 2.85. The third-order valence-electron chi connectivity index (χ3n) is 1.12. The predicted octanol–water partition coefficient (Wildman–Crippen LogP) is 0.665. The van der Waals surface area contributed by atoms with Crippen LogP contribution in [0.15, 0.2) is 18.3 Å². The van der Waals surface area contributed by atoms with E-state index in [2.05, 4.69) is 9.96 Å². The molecule has 1 heterocycles. The van der Waals surface area contributed by atoms with E-state index >= 15 is 0 Å². The fourth-order valence-corrected chi connectivity index (χ4v) is 0.591. The highest BCUT2D eigenvalue weighted by molar-refractivity contribution is 5.90. The van der Waals surface area contributed by atoms with Crippen molar-refractivity contribution >= 4 is 11.6 Å². The number of carbonyl (C=O) groups excluding carboxylic acids is 1. The molecule has 0 aliphatic heterocycles. The summed E-state index contributed by atoms with van der Waals surface area (Å²) < 4.78 is 0. The fourth-order valence-electron chi connectivity index (χ4n) is 0.591. The van der Waals surface area contributed by atoms with E-state index in [1.54, 1.807) is 0 Å². The van der Waals surface area contributed by atoms with E-state index in [4.69, 9.17) is 11.1 Å². The lowest BCUT2D eigenvalue weighted by atomic mass is 10.3. The van der Waals surface area contributed by atoms with E-state index in [0.717, 1.165) is 0 Å². The number of nitrogens with zero attached hydrogens (tertiary/aromatic N) is 3. The van der Waals surface area contributed by atoms with Crippen LogP contribution in [0, 0.1) is 5.39 Å². The Labute approximate surface area is 62.5 Å².